The zero-order chi connectivity index (χ0) is 15.2. The van der Waals surface area contributed by atoms with Crippen LogP contribution in [0.2, 0.25) is 5.02 Å². The van der Waals surface area contributed by atoms with E-state index in [9.17, 15) is 4.79 Å². The van der Waals surface area contributed by atoms with Gasteiger partial charge in [0.2, 0.25) is 0 Å². The highest BCUT2D eigenvalue weighted by Crippen LogP contribution is 2.27. The summed E-state index contributed by atoms with van der Waals surface area (Å²) in [6.07, 6.45) is 0. The van der Waals surface area contributed by atoms with Gasteiger partial charge in [-0.1, -0.05) is 35.9 Å². The van der Waals surface area contributed by atoms with E-state index >= 15 is 0 Å². The zero-order valence-electron chi connectivity index (χ0n) is 11.6. The first-order valence-corrected chi connectivity index (χ1v) is 6.93. The lowest BCUT2D eigenvalue weighted by molar-refractivity contribution is 0.0468. The molecule has 0 aliphatic carbocycles. The van der Waals surface area contributed by atoms with Gasteiger partial charge in [-0.15, -0.1) is 0 Å². The predicted molar refractivity (Wildman–Crippen MR) is 82.6 cm³/mol. The fourth-order valence-corrected chi connectivity index (χ4v) is 2.05. The Labute approximate surface area is 128 Å². The second kappa shape index (κ2) is 6.99. The number of anilines is 1. The lowest BCUT2D eigenvalue weighted by atomic mass is 10.1. The van der Waals surface area contributed by atoms with Crippen LogP contribution in [0.5, 0.6) is 5.75 Å². The van der Waals surface area contributed by atoms with Gasteiger partial charge in [-0.3, -0.25) is 0 Å². The SMILES string of the molecule is CCOc1c(N)cccc1C(=O)OCc1ccccc1Cl. The Morgan fingerprint density at radius 2 is 1.95 bits per heavy atom. The fraction of sp³-hybridized carbons (Fsp3) is 0.188. The van der Waals surface area contributed by atoms with Crippen molar-refractivity contribution in [1.29, 1.82) is 0 Å². The number of ether oxygens (including phenoxy) is 2. The Morgan fingerprint density at radius 1 is 1.19 bits per heavy atom. The van der Waals surface area contributed by atoms with Gasteiger partial charge in [-0.25, -0.2) is 4.79 Å². The van der Waals surface area contributed by atoms with Gasteiger partial charge in [0.15, 0.2) is 5.75 Å². The molecule has 0 aromatic heterocycles. The fourth-order valence-electron chi connectivity index (χ4n) is 1.86. The van der Waals surface area contributed by atoms with Crippen molar-refractivity contribution in [2.24, 2.45) is 0 Å². The number of esters is 1. The first-order valence-electron chi connectivity index (χ1n) is 6.55. The van der Waals surface area contributed by atoms with E-state index in [1.54, 1.807) is 30.3 Å². The smallest absolute Gasteiger partial charge is 0.342 e. The molecule has 2 aromatic carbocycles. The Morgan fingerprint density at radius 3 is 2.67 bits per heavy atom. The monoisotopic (exact) mass is 305 g/mol. The van der Waals surface area contributed by atoms with Crippen LogP contribution >= 0.6 is 11.6 Å². The molecule has 2 aromatic rings. The van der Waals surface area contributed by atoms with Gasteiger partial charge in [-0.2, -0.15) is 0 Å². The van der Waals surface area contributed by atoms with Gasteiger partial charge in [0.1, 0.15) is 12.2 Å². The number of benzene rings is 2. The third-order valence-corrected chi connectivity index (χ3v) is 3.24. The van der Waals surface area contributed by atoms with Gasteiger partial charge in [0.05, 0.1) is 12.3 Å². The average molecular weight is 306 g/mol. The molecule has 2 N–H and O–H groups in total. The van der Waals surface area contributed by atoms with Crippen molar-refractivity contribution < 1.29 is 14.3 Å². The number of hydrogen-bond donors (Lipinski definition) is 1. The van der Waals surface area contributed by atoms with Crippen LogP contribution in [0.4, 0.5) is 5.69 Å². The molecular formula is C16H16ClNO3. The third-order valence-electron chi connectivity index (χ3n) is 2.87. The van der Waals surface area contributed by atoms with E-state index in [1.807, 2.05) is 19.1 Å². The lowest BCUT2D eigenvalue weighted by Crippen LogP contribution is -2.09. The molecule has 2 rings (SSSR count). The molecule has 21 heavy (non-hydrogen) atoms. The normalized spacial score (nSPS) is 10.2. The molecule has 4 nitrogen and oxygen atoms in total. The number of rotatable bonds is 5. The van der Waals surface area contributed by atoms with Gasteiger partial charge in [0, 0.05) is 10.6 Å². The van der Waals surface area contributed by atoms with E-state index in [2.05, 4.69) is 0 Å². The second-order valence-electron chi connectivity index (χ2n) is 4.32. The Balaban J connectivity index is 2.14. The molecule has 0 unspecified atom stereocenters. The minimum Gasteiger partial charge on any atom is -0.491 e. The number of carbonyl (C=O) groups excluding carboxylic acids is 1. The number of hydrogen-bond acceptors (Lipinski definition) is 4. The van der Waals surface area contributed by atoms with Gasteiger partial charge < -0.3 is 15.2 Å². The molecule has 110 valence electrons. The highest BCUT2D eigenvalue weighted by molar-refractivity contribution is 6.31. The van der Waals surface area contributed by atoms with Crippen LogP contribution in [0.1, 0.15) is 22.8 Å². The van der Waals surface area contributed by atoms with E-state index < -0.39 is 5.97 Å². The van der Waals surface area contributed by atoms with Gasteiger partial charge >= 0.3 is 5.97 Å². The minimum absolute atomic E-state index is 0.0961. The number of carbonyl (C=O) groups is 1. The van der Waals surface area contributed by atoms with Crippen molar-refractivity contribution in [3.8, 4) is 5.75 Å². The molecule has 5 heteroatoms. The summed E-state index contributed by atoms with van der Waals surface area (Å²) in [6, 6.07) is 12.2. The Kier molecular flexibility index (Phi) is 5.06. The Hall–Kier alpha value is -2.20. The van der Waals surface area contributed by atoms with Crippen LogP contribution in [-0.2, 0) is 11.3 Å². The molecule has 0 radical (unpaired) electrons. The van der Waals surface area contributed by atoms with E-state index in [-0.39, 0.29) is 6.61 Å². The summed E-state index contributed by atoms with van der Waals surface area (Å²) in [7, 11) is 0. The van der Waals surface area contributed by atoms with E-state index in [0.717, 1.165) is 5.56 Å². The van der Waals surface area contributed by atoms with Crippen LogP contribution in [0.3, 0.4) is 0 Å². The summed E-state index contributed by atoms with van der Waals surface area (Å²) in [6.45, 7) is 2.34. The maximum Gasteiger partial charge on any atom is 0.342 e. The molecular weight excluding hydrogens is 290 g/mol. The van der Waals surface area contributed by atoms with E-state index in [1.165, 1.54) is 0 Å². The maximum absolute atomic E-state index is 12.2. The highest BCUT2D eigenvalue weighted by atomic mass is 35.5. The average Bonchev–Trinajstić information content (AvgIpc) is 2.48. The topological polar surface area (TPSA) is 61.5 Å². The van der Waals surface area contributed by atoms with Crippen molar-refractivity contribution in [3.63, 3.8) is 0 Å². The van der Waals surface area contributed by atoms with Crippen molar-refractivity contribution in [1.82, 2.24) is 0 Å². The zero-order valence-corrected chi connectivity index (χ0v) is 12.4. The Bertz CT molecular complexity index is 643. The van der Waals surface area contributed by atoms with Gasteiger partial charge in [-0.05, 0) is 25.1 Å². The minimum atomic E-state index is -0.495. The maximum atomic E-state index is 12.2. The van der Waals surface area contributed by atoms with Crippen molar-refractivity contribution in [2.45, 2.75) is 13.5 Å². The molecule has 0 aliphatic heterocycles. The quantitative estimate of drug-likeness (QED) is 0.676. The molecule has 0 saturated carbocycles. The summed E-state index contributed by atoms with van der Waals surface area (Å²) >= 11 is 6.02. The molecule has 0 saturated heterocycles. The number of nitrogens with two attached hydrogens (primary N) is 1. The summed E-state index contributed by atoms with van der Waals surface area (Å²) in [5.74, 6) is -0.144. The summed E-state index contributed by atoms with van der Waals surface area (Å²) in [4.78, 5) is 12.2. The van der Waals surface area contributed by atoms with Crippen LogP contribution in [0.15, 0.2) is 42.5 Å². The summed E-state index contributed by atoms with van der Waals surface area (Å²) in [5, 5.41) is 0.558. The van der Waals surface area contributed by atoms with E-state index in [0.29, 0.717) is 28.6 Å². The van der Waals surface area contributed by atoms with Crippen LogP contribution in [0.25, 0.3) is 0 Å². The van der Waals surface area contributed by atoms with Gasteiger partial charge in [0.25, 0.3) is 0 Å². The summed E-state index contributed by atoms with van der Waals surface area (Å²) in [5.41, 5.74) is 7.28. The molecule has 0 fully saturated rings. The number of para-hydroxylation sites is 1. The lowest BCUT2D eigenvalue weighted by Gasteiger charge is -2.12. The third kappa shape index (κ3) is 3.67. The van der Waals surface area contributed by atoms with Crippen LogP contribution in [0, 0.1) is 0 Å². The standard InChI is InChI=1S/C16H16ClNO3/c1-2-20-15-12(7-5-9-14(15)18)16(19)21-10-11-6-3-4-8-13(11)17/h3-9H,2,10,18H2,1H3. The molecule has 0 aliphatic rings. The van der Waals surface area contributed by atoms with E-state index in [4.69, 9.17) is 26.8 Å². The first kappa shape index (κ1) is 15.2. The van der Waals surface area contributed by atoms with Crippen LogP contribution < -0.4 is 10.5 Å². The van der Waals surface area contributed by atoms with Crippen molar-refractivity contribution in [3.05, 3.63) is 58.6 Å². The van der Waals surface area contributed by atoms with Crippen molar-refractivity contribution in [2.75, 3.05) is 12.3 Å². The predicted octanol–water partition coefficient (Wildman–Crippen LogP) is 3.68. The molecule has 0 bridgehead atoms. The second-order valence-corrected chi connectivity index (χ2v) is 4.73. The molecule has 0 amide bonds. The highest BCUT2D eigenvalue weighted by Gasteiger charge is 2.16. The van der Waals surface area contributed by atoms with Crippen LogP contribution in [-0.4, -0.2) is 12.6 Å². The molecule has 0 heterocycles. The number of halogens is 1. The largest absolute Gasteiger partial charge is 0.491 e. The van der Waals surface area contributed by atoms with Crippen molar-refractivity contribution >= 4 is 23.3 Å². The summed E-state index contributed by atoms with van der Waals surface area (Å²) < 4.78 is 10.7. The number of nitrogen functional groups attached to an aromatic ring is 1. The first-order chi connectivity index (χ1) is 10.1. The molecule has 0 spiro atoms. The molecule has 0 atom stereocenters.